The third kappa shape index (κ3) is 5.23. The minimum atomic E-state index is 0.120. The Labute approximate surface area is 215 Å². The number of aromatic nitrogens is 3. The van der Waals surface area contributed by atoms with Crippen LogP contribution >= 0.6 is 11.8 Å². The number of nitrogens with zero attached hydrogens (tertiary/aromatic N) is 5. The van der Waals surface area contributed by atoms with Crippen molar-refractivity contribution in [3.8, 4) is 22.8 Å². The lowest BCUT2D eigenvalue weighted by Crippen LogP contribution is -2.49. The molecular weight excluding hydrogens is 470 g/mol. The van der Waals surface area contributed by atoms with Crippen LogP contribution in [-0.2, 0) is 4.79 Å². The average molecular weight is 500 g/mol. The maximum atomic E-state index is 13.1. The number of carbonyl (C=O) groups is 1. The van der Waals surface area contributed by atoms with Crippen LogP contribution in [0, 0.1) is 6.92 Å². The average Bonchev–Trinajstić information content (AvgIpc) is 3.36. The molecule has 0 N–H and O–H groups in total. The van der Waals surface area contributed by atoms with Crippen LogP contribution in [0.25, 0.3) is 17.1 Å². The summed E-state index contributed by atoms with van der Waals surface area (Å²) in [6.45, 7) is 5.20. The number of amides is 1. The molecule has 0 bridgehead atoms. The van der Waals surface area contributed by atoms with Gasteiger partial charge in [0.05, 0.1) is 12.9 Å². The Morgan fingerprint density at radius 2 is 1.64 bits per heavy atom. The number of benzene rings is 3. The smallest absolute Gasteiger partial charge is 0.233 e. The summed E-state index contributed by atoms with van der Waals surface area (Å²) in [7, 11) is 1.65. The number of ether oxygens (including phenoxy) is 1. The van der Waals surface area contributed by atoms with E-state index in [2.05, 4.69) is 46.3 Å². The SMILES string of the molecule is COc1cccc(-c2nnc(SCC(=O)N3CCN(c4cccc(C)c4)CC3)n2-c2ccccc2)c1. The lowest BCUT2D eigenvalue weighted by atomic mass is 10.2. The van der Waals surface area contributed by atoms with E-state index in [-0.39, 0.29) is 5.91 Å². The van der Waals surface area contributed by atoms with E-state index < -0.39 is 0 Å². The summed E-state index contributed by atoms with van der Waals surface area (Å²) >= 11 is 1.42. The molecule has 0 unspecified atom stereocenters. The molecule has 5 rings (SSSR count). The minimum Gasteiger partial charge on any atom is -0.497 e. The second-order valence-corrected chi connectivity index (χ2v) is 9.65. The van der Waals surface area contributed by atoms with Crippen LogP contribution < -0.4 is 9.64 Å². The van der Waals surface area contributed by atoms with E-state index in [1.54, 1.807) is 7.11 Å². The summed E-state index contributed by atoms with van der Waals surface area (Å²) in [4.78, 5) is 17.4. The number of thioether (sulfide) groups is 1. The van der Waals surface area contributed by atoms with Gasteiger partial charge in [-0.25, -0.2) is 0 Å². The molecule has 3 aromatic carbocycles. The van der Waals surface area contributed by atoms with Crippen LogP contribution in [0.5, 0.6) is 5.75 Å². The van der Waals surface area contributed by atoms with Gasteiger partial charge in [-0.2, -0.15) is 0 Å². The fourth-order valence-corrected chi connectivity index (χ4v) is 5.23. The van der Waals surface area contributed by atoms with Crippen molar-refractivity contribution >= 4 is 23.4 Å². The molecule has 8 heteroatoms. The number of hydrogen-bond acceptors (Lipinski definition) is 6. The zero-order valence-corrected chi connectivity index (χ0v) is 21.3. The van der Waals surface area contributed by atoms with Crippen LogP contribution in [0.4, 0.5) is 5.69 Å². The zero-order chi connectivity index (χ0) is 24.9. The van der Waals surface area contributed by atoms with Gasteiger partial charge in [0.2, 0.25) is 5.91 Å². The van der Waals surface area contributed by atoms with Crippen molar-refractivity contribution in [2.24, 2.45) is 0 Å². The molecular formula is C28H29N5O2S. The first-order chi connectivity index (χ1) is 17.6. The molecule has 0 spiro atoms. The number of aryl methyl sites for hydroxylation is 1. The second-order valence-electron chi connectivity index (χ2n) is 8.70. The highest BCUT2D eigenvalue weighted by Gasteiger charge is 2.23. The number of rotatable bonds is 7. The maximum Gasteiger partial charge on any atom is 0.233 e. The summed E-state index contributed by atoms with van der Waals surface area (Å²) in [6.07, 6.45) is 0. The van der Waals surface area contributed by atoms with E-state index >= 15 is 0 Å². The lowest BCUT2D eigenvalue weighted by Gasteiger charge is -2.36. The Hall–Kier alpha value is -3.78. The number of piperazine rings is 1. The quantitative estimate of drug-likeness (QED) is 0.344. The molecule has 0 aliphatic carbocycles. The predicted molar refractivity (Wildman–Crippen MR) is 144 cm³/mol. The van der Waals surface area contributed by atoms with Gasteiger partial charge in [-0.3, -0.25) is 9.36 Å². The summed E-state index contributed by atoms with van der Waals surface area (Å²) in [5, 5.41) is 9.63. The number of hydrogen-bond donors (Lipinski definition) is 0. The van der Waals surface area contributed by atoms with Gasteiger partial charge < -0.3 is 14.5 Å². The highest BCUT2D eigenvalue weighted by molar-refractivity contribution is 7.99. The molecule has 1 fully saturated rings. The van der Waals surface area contributed by atoms with Crippen molar-refractivity contribution < 1.29 is 9.53 Å². The van der Waals surface area contributed by atoms with Gasteiger partial charge in [-0.05, 0) is 48.9 Å². The summed E-state index contributed by atoms with van der Waals surface area (Å²) in [5.41, 5.74) is 4.31. The first kappa shape index (κ1) is 23.9. The van der Waals surface area contributed by atoms with Gasteiger partial charge in [0.25, 0.3) is 0 Å². The largest absolute Gasteiger partial charge is 0.497 e. The summed E-state index contributed by atoms with van der Waals surface area (Å²) in [5.74, 6) is 1.90. The molecule has 1 aliphatic heterocycles. The molecule has 4 aromatic rings. The molecule has 0 atom stereocenters. The normalized spacial score (nSPS) is 13.6. The van der Waals surface area contributed by atoms with E-state index in [0.29, 0.717) is 29.8 Å². The molecule has 36 heavy (non-hydrogen) atoms. The Balaban J connectivity index is 1.29. The first-order valence-corrected chi connectivity index (χ1v) is 13.0. The zero-order valence-electron chi connectivity index (χ0n) is 20.5. The first-order valence-electron chi connectivity index (χ1n) is 12.0. The van der Waals surface area contributed by atoms with Crippen molar-refractivity contribution in [2.75, 3.05) is 43.9 Å². The molecule has 184 valence electrons. The Kier molecular flexibility index (Phi) is 7.23. The fourth-order valence-electron chi connectivity index (χ4n) is 4.38. The van der Waals surface area contributed by atoms with Crippen LogP contribution in [0.2, 0.25) is 0 Å². The van der Waals surface area contributed by atoms with Crippen molar-refractivity contribution in [1.29, 1.82) is 0 Å². The molecule has 0 saturated carbocycles. The third-order valence-corrected chi connectivity index (χ3v) is 7.21. The summed E-state index contributed by atoms with van der Waals surface area (Å²) < 4.78 is 7.40. The number of para-hydroxylation sites is 1. The monoisotopic (exact) mass is 499 g/mol. The number of anilines is 1. The molecule has 2 heterocycles. The van der Waals surface area contributed by atoms with Gasteiger partial charge in [-0.1, -0.05) is 54.2 Å². The Bertz CT molecular complexity index is 1330. The Morgan fingerprint density at radius 3 is 2.39 bits per heavy atom. The molecule has 7 nitrogen and oxygen atoms in total. The highest BCUT2D eigenvalue weighted by Crippen LogP contribution is 2.30. The third-order valence-electron chi connectivity index (χ3n) is 6.30. The number of carbonyl (C=O) groups excluding carboxylic acids is 1. The van der Waals surface area contributed by atoms with E-state index in [0.717, 1.165) is 30.1 Å². The van der Waals surface area contributed by atoms with Crippen LogP contribution in [0.15, 0.2) is 84.0 Å². The summed E-state index contributed by atoms with van der Waals surface area (Å²) in [6, 6.07) is 26.3. The molecule has 1 amide bonds. The standard InChI is InChI=1S/C28H29N5O2S/c1-21-8-6-12-24(18-21)31-14-16-32(17-15-31)26(34)20-36-28-30-29-27(22-9-7-13-25(19-22)35-2)33(28)23-10-4-3-5-11-23/h3-13,18-19H,14-17,20H2,1-2H3. The van der Waals surface area contributed by atoms with Crippen LogP contribution in [-0.4, -0.2) is 64.6 Å². The van der Waals surface area contributed by atoms with Crippen molar-refractivity contribution in [2.45, 2.75) is 12.1 Å². The molecule has 0 radical (unpaired) electrons. The molecule has 1 aromatic heterocycles. The van der Waals surface area contributed by atoms with E-state index in [4.69, 9.17) is 4.74 Å². The Morgan fingerprint density at radius 1 is 0.889 bits per heavy atom. The van der Waals surface area contributed by atoms with Crippen LogP contribution in [0.1, 0.15) is 5.56 Å². The predicted octanol–water partition coefficient (Wildman–Crippen LogP) is 4.69. The van der Waals surface area contributed by atoms with Crippen LogP contribution in [0.3, 0.4) is 0 Å². The van der Waals surface area contributed by atoms with Crippen molar-refractivity contribution in [3.05, 3.63) is 84.4 Å². The van der Waals surface area contributed by atoms with Gasteiger partial charge in [0.15, 0.2) is 11.0 Å². The van der Waals surface area contributed by atoms with Gasteiger partial charge in [0, 0.05) is 43.1 Å². The minimum absolute atomic E-state index is 0.120. The van der Waals surface area contributed by atoms with Gasteiger partial charge >= 0.3 is 0 Å². The van der Waals surface area contributed by atoms with Crippen molar-refractivity contribution in [1.82, 2.24) is 19.7 Å². The van der Waals surface area contributed by atoms with E-state index in [1.165, 1.54) is 23.0 Å². The van der Waals surface area contributed by atoms with Crippen molar-refractivity contribution in [3.63, 3.8) is 0 Å². The van der Waals surface area contributed by atoms with E-state index in [9.17, 15) is 4.79 Å². The van der Waals surface area contributed by atoms with Gasteiger partial charge in [-0.15, -0.1) is 10.2 Å². The van der Waals surface area contributed by atoms with Gasteiger partial charge in [0.1, 0.15) is 5.75 Å². The molecule has 1 saturated heterocycles. The second kappa shape index (κ2) is 10.9. The lowest BCUT2D eigenvalue weighted by molar-refractivity contribution is -0.128. The highest BCUT2D eigenvalue weighted by atomic mass is 32.2. The fraction of sp³-hybridized carbons (Fsp3) is 0.250. The topological polar surface area (TPSA) is 63.5 Å². The molecule has 1 aliphatic rings. The maximum absolute atomic E-state index is 13.1. The number of methoxy groups -OCH3 is 1. The van der Waals surface area contributed by atoms with E-state index in [1.807, 2.05) is 64.1 Å².